The molecule has 1 heterocycles. The van der Waals surface area contributed by atoms with E-state index in [0.29, 0.717) is 12.8 Å². The second kappa shape index (κ2) is 14.8. The van der Waals surface area contributed by atoms with Crippen LogP contribution in [0.3, 0.4) is 0 Å². The van der Waals surface area contributed by atoms with Gasteiger partial charge in [0.15, 0.2) is 0 Å². The van der Waals surface area contributed by atoms with Gasteiger partial charge in [0.25, 0.3) is 0 Å². The van der Waals surface area contributed by atoms with Gasteiger partial charge in [0, 0.05) is 13.5 Å². The number of imide groups is 1. The molecule has 1 fully saturated rings. The van der Waals surface area contributed by atoms with Gasteiger partial charge < -0.3 is 9.47 Å². The summed E-state index contributed by atoms with van der Waals surface area (Å²) in [4.78, 5) is 54.4. The van der Waals surface area contributed by atoms with E-state index < -0.39 is 12.2 Å². The van der Waals surface area contributed by atoms with Gasteiger partial charge in [-0.15, -0.1) is 11.8 Å². The van der Waals surface area contributed by atoms with Crippen molar-refractivity contribution >= 4 is 41.7 Å². The third kappa shape index (κ3) is 8.62. The van der Waals surface area contributed by atoms with Gasteiger partial charge >= 0.3 is 12.2 Å². The topological polar surface area (TPSA) is 126 Å². The standard InChI is InChI=1S/C27H32N4O6S/c1-3-38-24-22(23(33)31(24)19(2)32)15-10-16-28-25(29-26(34)36-17-20-11-6-4-7-12-20)30-27(35)37-18-21-13-8-5-9-14-21/h4-9,11-14,22,24H,3,10,15-18H2,1-2H3,(H2,28,29,30,34,35)/t22-,24+/m1/s1. The molecule has 2 aromatic rings. The van der Waals surface area contributed by atoms with E-state index in [4.69, 9.17) is 9.47 Å². The number of carbonyl (C=O) groups excluding carboxylic acids is 4. The molecule has 0 aliphatic carbocycles. The fourth-order valence-corrected chi connectivity index (χ4v) is 5.04. The third-order valence-corrected chi connectivity index (χ3v) is 6.85. The lowest BCUT2D eigenvalue weighted by Gasteiger charge is -2.44. The normalized spacial score (nSPS) is 16.2. The number of ether oxygens (including phenoxy) is 2. The first-order chi connectivity index (χ1) is 18.4. The Balaban J connectivity index is 1.55. The summed E-state index contributed by atoms with van der Waals surface area (Å²) in [7, 11) is 0. The van der Waals surface area contributed by atoms with Crippen molar-refractivity contribution in [2.75, 3.05) is 12.3 Å². The van der Waals surface area contributed by atoms with Crippen LogP contribution in [0.4, 0.5) is 9.59 Å². The maximum atomic E-state index is 12.4. The highest BCUT2D eigenvalue weighted by Crippen LogP contribution is 2.37. The second-order valence-corrected chi connectivity index (χ2v) is 9.82. The Morgan fingerprint density at radius 3 is 1.92 bits per heavy atom. The smallest absolute Gasteiger partial charge is 0.414 e. The van der Waals surface area contributed by atoms with Gasteiger partial charge in [-0.3, -0.25) is 30.1 Å². The number of nitrogens with one attached hydrogen (secondary N) is 2. The van der Waals surface area contributed by atoms with Gasteiger partial charge in [-0.25, -0.2) is 9.59 Å². The van der Waals surface area contributed by atoms with E-state index in [1.807, 2.05) is 67.6 Å². The molecule has 2 N–H and O–H groups in total. The zero-order valence-corrected chi connectivity index (χ0v) is 22.2. The van der Waals surface area contributed by atoms with Crippen molar-refractivity contribution in [1.82, 2.24) is 15.5 Å². The van der Waals surface area contributed by atoms with Crippen LogP contribution in [-0.2, 0) is 32.3 Å². The first-order valence-corrected chi connectivity index (χ1v) is 13.4. The molecule has 10 nitrogen and oxygen atoms in total. The van der Waals surface area contributed by atoms with Gasteiger partial charge in [-0.05, 0) is 29.7 Å². The maximum absolute atomic E-state index is 12.4. The Morgan fingerprint density at radius 2 is 1.45 bits per heavy atom. The predicted molar refractivity (Wildman–Crippen MR) is 144 cm³/mol. The molecule has 0 bridgehead atoms. The number of aliphatic imine (C=N–C) groups is 1. The van der Waals surface area contributed by atoms with Gasteiger partial charge in [-0.1, -0.05) is 67.6 Å². The Kier molecular flexibility index (Phi) is 11.2. The van der Waals surface area contributed by atoms with Crippen LogP contribution in [0.15, 0.2) is 65.7 Å². The first kappa shape index (κ1) is 28.7. The van der Waals surface area contributed by atoms with Gasteiger partial charge in [0.1, 0.15) is 13.2 Å². The van der Waals surface area contributed by atoms with Crippen LogP contribution >= 0.6 is 11.8 Å². The molecule has 0 saturated carbocycles. The monoisotopic (exact) mass is 540 g/mol. The molecule has 1 saturated heterocycles. The lowest BCUT2D eigenvalue weighted by molar-refractivity contribution is -0.160. The van der Waals surface area contributed by atoms with E-state index in [-0.39, 0.29) is 48.8 Å². The highest BCUT2D eigenvalue weighted by atomic mass is 32.2. The molecule has 2 atom stereocenters. The van der Waals surface area contributed by atoms with Gasteiger partial charge in [0.05, 0.1) is 11.3 Å². The molecule has 202 valence electrons. The van der Waals surface area contributed by atoms with Crippen LogP contribution in [0.5, 0.6) is 0 Å². The average molecular weight is 541 g/mol. The second-order valence-electron chi connectivity index (χ2n) is 8.43. The first-order valence-electron chi connectivity index (χ1n) is 12.3. The highest BCUT2D eigenvalue weighted by molar-refractivity contribution is 8.00. The summed E-state index contributed by atoms with van der Waals surface area (Å²) in [5.41, 5.74) is 1.61. The number of benzene rings is 2. The van der Waals surface area contributed by atoms with Crippen LogP contribution in [0.25, 0.3) is 0 Å². The van der Waals surface area contributed by atoms with E-state index in [2.05, 4.69) is 15.6 Å². The molecule has 1 aliphatic heterocycles. The van der Waals surface area contributed by atoms with Crippen molar-refractivity contribution < 1.29 is 28.7 Å². The van der Waals surface area contributed by atoms with E-state index >= 15 is 0 Å². The number of rotatable bonds is 10. The van der Waals surface area contributed by atoms with Crippen molar-refractivity contribution in [2.45, 2.75) is 45.3 Å². The molecule has 11 heteroatoms. The quantitative estimate of drug-likeness (QED) is 0.201. The van der Waals surface area contributed by atoms with Crippen LogP contribution in [-0.4, -0.2) is 52.5 Å². The van der Waals surface area contributed by atoms with Crippen LogP contribution in [0, 0.1) is 5.92 Å². The number of β-lactam (4-membered cyclic amide) rings is 1. The predicted octanol–water partition coefficient (Wildman–Crippen LogP) is 4.06. The molecule has 38 heavy (non-hydrogen) atoms. The molecule has 0 unspecified atom stereocenters. The number of nitrogens with zero attached hydrogens (tertiary/aromatic N) is 2. The number of thioether (sulfide) groups is 1. The number of likely N-dealkylation sites (tertiary alicyclic amines) is 1. The molecule has 0 aromatic heterocycles. The SMILES string of the molecule is CCS[C@H]1[C@H](CCCN=C(NC(=O)OCc2ccccc2)NC(=O)OCc2ccccc2)C(=O)N1C(C)=O. The Bertz CT molecular complexity index is 1070. The summed E-state index contributed by atoms with van der Waals surface area (Å²) in [6, 6.07) is 18.3. The number of amides is 4. The van der Waals surface area contributed by atoms with Crippen molar-refractivity contribution in [2.24, 2.45) is 10.9 Å². The Hall–Kier alpha value is -3.86. The van der Waals surface area contributed by atoms with Crippen LogP contribution in [0.2, 0.25) is 0 Å². The van der Waals surface area contributed by atoms with Crippen LogP contribution < -0.4 is 10.6 Å². The molecule has 0 radical (unpaired) electrons. The number of hydrogen-bond donors (Lipinski definition) is 2. The summed E-state index contributed by atoms with van der Waals surface area (Å²) < 4.78 is 10.4. The van der Waals surface area contributed by atoms with E-state index in [0.717, 1.165) is 16.9 Å². The van der Waals surface area contributed by atoms with E-state index in [9.17, 15) is 19.2 Å². The fraction of sp³-hybridized carbons (Fsp3) is 0.370. The Morgan fingerprint density at radius 1 is 0.921 bits per heavy atom. The van der Waals surface area contributed by atoms with Crippen molar-refractivity contribution in [1.29, 1.82) is 0 Å². The van der Waals surface area contributed by atoms with Gasteiger partial charge in [-0.2, -0.15) is 0 Å². The van der Waals surface area contributed by atoms with Crippen LogP contribution in [0.1, 0.15) is 37.8 Å². The zero-order valence-electron chi connectivity index (χ0n) is 21.4. The number of guanidine groups is 1. The van der Waals surface area contributed by atoms with E-state index in [1.165, 1.54) is 11.8 Å². The average Bonchev–Trinajstić information content (AvgIpc) is 2.91. The molecular weight excluding hydrogens is 508 g/mol. The molecule has 2 aromatic carbocycles. The maximum Gasteiger partial charge on any atom is 0.414 e. The summed E-state index contributed by atoms with van der Waals surface area (Å²) in [6.07, 6.45) is -0.551. The summed E-state index contributed by atoms with van der Waals surface area (Å²) >= 11 is 1.56. The lowest BCUT2D eigenvalue weighted by Crippen LogP contribution is -2.61. The molecular formula is C27H32N4O6S. The lowest BCUT2D eigenvalue weighted by atomic mass is 9.93. The summed E-state index contributed by atoms with van der Waals surface area (Å²) in [6.45, 7) is 3.68. The molecule has 3 rings (SSSR count). The van der Waals surface area contributed by atoms with Crippen molar-refractivity contribution in [3.05, 3.63) is 71.8 Å². The van der Waals surface area contributed by atoms with E-state index in [1.54, 1.807) is 11.8 Å². The molecule has 4 amide bonds. The largest absolute Gasteiger partial charge is 0.444 e. The number of hydrogen-bond acceptors (Lipinski definition) is 8. The fourth-order valence-electron chi connectivity index (χ4n) is 3.81. The minimum atomic E-state index is -0.790. The Labute approximate surface area is 226 Å². The highest BCUT2D eigenvalue weighted by Gasteiger charge is 2.48. The van der Waals surface area contributed by atoms with Crippen molar-refractivity contribution in [3.63, 3.8) is 0 Å². The minimum Gasteiger partial charge on any atom is -0.444 e. The van der Waals surface area contributed by atoms with Gasteiger partial charge in [0.2, 0.25) is 17.8 Å². The number of carbonyl (C=O) groups is 4. The zero-order chi connectivity index (χ0) is 27.3. The third-order valence-electron chi connectivity index (χ3n) is 5.64. The molecule has 1 aliphatic rings. The molecule has 0 spiro atoms. The number of alkyl carbamates (subject to hydrolysis) is 2. The minimum absolute atomic E-state index is 0.0470. The van der Waals surface area contributed by atoms with Crippen molar-refractivity contribution in [3.8, 4) is 0 Å². The summed E-state index contributed by atoms with van der Waals surface area (Å²) in [5, 5.41) is 4.72. The summed E-state index contributed by atoms with van der Waals surface area (Å²) in [5.74, 6) is -0.0438.